The summed E-state index contributed by atoms with van der Waals surface area (Å²) in [5, 5.41) is 0.718. The first-order valence-corrected chi connectivity index (χ1v) is 11.6. The van der Waals surface area contributed by atoms with Crippen LogP contribution >= 0.6 is 28.1 Å². The fraction of sp³-hybridized carbons (Fsp3) is 0.348. The fourth-order valence-electron chi connectivity index (χ4n) is 4.10. The molecule has 0 aliphatic carbocycles. The number of amides is 1. The number of morpholine rings is 1. The summed E-state index contributed by atoms with van der Waals surface area (Å²) in [4.78, 5) is 29.2. The predicted molar refractivity (Wildman–Crippen MR) is 124 cm³/mol. The van der Waals surface area contributed by atoms with Crippen LogP contribution in [0.1, 0.15) is 30.5 Å². The smallest absolute Gasteiger partial charge is 0.416 e. The van der Waals surface area contributed by atoms with Gasteiger partial charge in [0.1, 0.15) is 19.3 Å². The molecule has 2 aliphatic rings. The molecule has 3 atom stereocenters. The van der Waals surface area contributed by atoms with Crippen molar-refractivity contribution in [1.29, 1.82) is 0 Å². The number of halogens is 1. The van der Waals surface area contributed by atoms with Crippen molar-refractivity contribution >= 4 is 45.3 Å². The van der Waals surface area contributed by atoms with Crippen molar-refractivity contribution in [2.45, 2.75) is 37.6 Å². The molecule has 0 unspecified atom stereocenters. The lowest BCUT2D eigenvalue weighted by Gasteiger charge is -2.54. The highest BCUT2D eigenvalue weighted by molar-refractivity contribution is 9.09. The first kappa shape index (κ1) is 21.8. The van der Waals surface area contributed by atoms with E-state index in [-0.39, 0.29) is 30.3 Å². The van der Waals surface area contributed by atoms with Gasteiger partial charge in [-0.05, 0) is 30.3 Å². The summed E-state index contributed by atoms with van der Waals surface area (Å²) in [5.41, 5.74) is 1.13. The third-order valence-corrected chi connectivity index (χ3v) is 7.37. The molecular weight excluding hydrogens is 480 g/mol. The van der Waals surface area contributed by atoms with E-state index in [2.05, 4.69) is 15.9 Å². The maximum Gasteiger partial charge on any atom is 0.416 e. The zero-order valence-corrected chi connectivity index (χ0v) is 19.5. The lowest BCUT2D eigenvalue weighted by atomic mass is 9.87. The van der Waals surface area contributed by atoms with E-state index >= 15 is 0 Å². The summed E-state index contributed by atoms with van der Waals surface area (Å²) in [6, 6.07) is 18.4. The fourth-order valence-corrected chi connectivity index (χ4v) is 5.13. The predicted octanol–water partition coefficient (Wildman–Crippen LogP) is 4.44. The van der Waals surface area contributed by atoms with E-state index in [1.807, 2.05) is 72.5 Å². The minimum Gasteiger partial charge on any atom is -0.462 e. The minimum absolute atomic E-state index is 0.144. The van der Waals surface area contributed by atoms with E-state index in [0.29, 0.717) is 11.8 Å². The molecule has 6 nitrogen and oxygen atoms in total. The summed E-state index contributed by atoms with van der Waals surface area (Å²) in [6.45, 7) is 2.22. The van der Waals surface area contributed by atoms with Crippen molar-refractivity contribution in [2.75, 3.05) is 11.9 Å². The number of ether oxygens (including phenoxy) is 2. The van der Waals surface area contributed by atoms with Gasteiger partial charge in [0.2, 0.25) is 0 Å². The molecule has 1 amide bonds. The van der Waals surface area contributed by atoms with Crippen molar-refractivity contribution in [3.8, 4) is 0 Å². The highest BCUT2D eigenvalue weighted by Gasteiger charge is 2.54. The van der Waals surface area contributed by atoms with Gasteiger partial charge in [0.05, 0.1) is 11.6 Å². The van der Waals surface area contributed by atoms with Crippen molar-refractivity contribution in [3.05, 3.63) is 71.8 Å². The van der Waals surface area contributed by atoms with Crippen LogP contribution in [0.15, 0.2) is 60.7 Å². The number of rotatable bonds is 4. The number of cyclic esters (lactones) is 1. The lowest BCUT2D eigenvalue weighted by molar-refractivity contribution is -0.162. The zero-order valence-electron chi connectivity index (χ0n) is 17.1. The third kappa shape index (κ3) is 4.19. The van der Waals surface area contributed by atoms with Crippen LogP contribution in [0.3, 0.4) is 0 Å². The number of alkyl halides is 1. The zero-order chi connectivity index (χ0) is 22.0. The van der Waals surface area contributed by atoms with Crippen molar-refractivity contribution in [3.63, 3.8) is 0 Å². The summed E-state index contributed by atoms with van der Waals surface area (Å²) in [7, 11) is 0. The molecular formula is C23H23BrN2O4S. The highest BCUT2D eigenvalue weighted by atomic mass is 79.9. The van der Waals surface area contributed by atoms with E-state index in [1.54, 1.807) is 0 Å². The number of nitrogens with zero attached hydrogens (tertiary/aromatic N) is 2. The topological polar surface area (TPSA) is 59.1 Å². The monoisotopic (exact) mass is 502 g/mol. The number of esters is 1. The molecule has 4 rings (SSSR count). The van der Waals surface area contributed by atoms with Gasteiger partial charge in [-0.1, -0.05) is 76.6 Å². The molecule has 0 aromatic heterocycles. The van der Waals surface area contributed by atoms with Crippen LogP contribution in [0.2, 0.25) is 0 Å². The number of carbonyl (C=O) groups excluding carboxylic acids is 2. The Balaban J connectivity index is 1.63. The Bertz CT molecular complexity index is 974. The molecule has 2 aliphatic heterocycles. The number of hydrogen-bond donors (Lipinski definition) is 0. The second-order valence-corrected chi connectivity index (χ2v) is 8.90. The van der Waals surface area contributed by atoms with E-state index in [0.717, 1.165) is 11.1 Å². The van der Waals surface area contributed by atoms with Crippen LogP contribution in [0.4, 0.5) is 4.79 Å². The molecule has 0 bridgehead atoms. The molecule has 2 fully saturated rings. The Hall–Kier alpha value is -2.45. The molecule has 2 aromatic rings. The molecule has 0 spiro atoms. The summed E-state index contributed by atoms with van der Waals surface area (Å²) in [6.07, 6.45) is -0.152. The summed E-state index contributed by atoms with van der Waals surface area (Å²) in [5.74, 6) is -0.320. The Morgan fingerprint density at radius 1 is 1.16 bits per heavy atom. The van der Waals surface area contributed by atoms with Gasteiger partial charge in [0.25, 0.3) is 0 Å². The average molecular weight is 503 g/mol. The molecule has 2 saturated heterocycles. The first-order valence-electron chi connectivity index (χ1n) is 10.1. The van der Waals surface area contributed by atoms with Gasteiger partial charge in [-0.3, -0.25) is 0 Å². The van der Waals surface area contributed by atoms with Gasteiger partial charge in [-0.2, -0.15) is 0 Å². The molecule has 8 heteroatoms. The Kier molecular flexibility index (Phi) is 6.29. The standard InChI is InChI=1S/C23H23BrN2O4S/c1-23(15-24)12-18-20(27)29-14-19(17-10-6-3-7-11-17)25(18)21(31)26(23)22(28)30-13-16-8-4-2-5-9-16/h2-11,18-19H,12-15H2,1H3/t18-,19+,23+/m0/s1. The van der Waals surface area contributed by atoms with E-state index in [9.17, 15) is 9.59 Å². The number of thiocarbonyl (C=S) groups is 1. The van der Waals surface area contributed by atoms with E-state index in [4.69, 9.17) is 21.7 Å². The van der Waals surface area contributed by atoms with Gasteiger partial charge in [0, 0.05) is 11.8 Å². The first-order chi connectivity index (χ1) is 14.9. The number of carbonyl (C=O) groups is 2. The van der Waals surface area contributed by atoms with Crippen molar-refractivity contribution in [1.82, 2.24) is 9.80 Å². The molecule has 0 N–H and O–H groups in total. The van der Waals surface area contributed by atoms with Gasteiger partial charge in [-0.15, -0.1) is 0 Å². The normalized spacial score (nSPS) is 25.6. The van der Waals surface area contributed by atoms with Crippen LogP contribution in [0.25, 0.3) is 0 Å². The number of benzene rings is 2. The molecule has 2 aromatic carbocycles. The SMILES string of the molecule is C[C@]1(CBr)C[C@H]2C(=O)OC[C@H](c3ccccc3)N2C(=S)N1C(=O)OCc1ccccc1. The van der Waals surface area contributed by atoms with Crippen LogP contribution in [-0.2, 0) is 20.9 Å². The Morgan fingerprint density at radius 2 is 1.81 bits per heavy atom. The number of hydrogen-bond acceptors (Lipinski definition) is 5. The van der Waals surface area contributed by atoms with Gasteiger partial charge >= 0.3 is 12.1 Å². The van der Waals surface area contributed by atoms with Gasteiger partial charge < -0.3 is 14.4 Å². The van der Waals surface area contributed by atoms with Crippen LogP contribution in [0, 0.1) is 0 Å². The summed E-state index contributed by atoms with van der Waals surface area (Å²) >= 11 is 9.32. The van der Waals surface area contributed by atoms with E-state index in [1.165, 1.54) is 4.90 Å². The second kappa shape index (κ2) is 8.96. The number of fused-ring (bicyclic) bond motifs is 1. The minimum atomic E-state index is -0.733. The molecule has 0 saturated carbocycles. The van der Waals surface area contributed by atoms with Crippen LogP contribution in [-0.4, -0.2) is 50.5 Å². The molecule has 31 heavy (non-hydrogen) atoms. The molecule has 0 radical (unpaired) electrons. The second-order valence-electron chi connectivity index (χ2n) is 7.97. The molecule has 2 heterocycles. The highest BCUT2D eigenvalue weighted by Crippen LogP contribution is 2.40. The van der Waals surface area contributed by atoms with Crippen molar-refractivity contribution < 1.29 is 19.1 Å². The Labute approximate surface area is 195 Å². The van der Waals surface area contributed by atoms with Gasteiger partial charge in [-0.25, -0.2) is 14.5 Å². The maximum absolute atomic E-state index is 13.2. The van der Waals surface area contributed by atoms with Gasteiger partial charge in [0.15, 0.2) is 5.11 Å². The molecule has 162 valence electrons. The third-order valence-electron chi connectivity index (χ3n) is 5.77. The summed E-state index contributed by atoms with van der Waals surface area (Å²) < 4.78 is 11.1. The van der Waals surface area contributed by atoms with Crippen molar-refractivity contribution in [2.24, 2.45) is 0 Å². The Morgan fingerprint density at radius 3 is 2.45 bits per heavy atom. The quantitative estimate of drug-likeness (QED) is 0.350. The largest absolute Gasteiger partial charge is 0.462 e. The maximum atomic E-state index is 13.2. The average Bonchev–Trinajstić information content (AvgIpc) is 2.80. The van der Waals surface area contributed by atoms with Crippen LogP contribution in [0.5, 0.6) is 0 Å². The van der Waals surface area contributed by atoms with E-state index < -0.39 is 17.7 Å². The lowest BCUT2D eigenvalue weighted by Crippen LogP contribution is -2.70. The van der Waals surface area contributed by atoms with Crippen LogP contribution < -0.4 is 0 Å².